The van der Waals surface area contributed by atoms with E-state index in [0.29, 0.717) is 34.4 Å². The molecule has 0 atom stereocenters. The third-order valence-electron chi connectivity index (χ3n) is 6.78. The van der Waals surface area contributed by atoms with Gasteiger partial charge < -0.3 is 40.2 Å². The molecule has 4 aromatic rings. The van der Waals surface area contributed by atoms with Gasteiger partial charge in [-0.25, -0.2) is 9.97 Å². The molecular formula is C32H30BF6N5O7. The Hall–Kier alpha value is -5.24. The van der Waals surface area contributed by atoms with Gasteiger partial charge in [-0.15, -0.1) is 13.2 Å². The summed E-state index contributed by atoms with van der Waals surface area (Å²) in [6.45, 7) is 0.675. The van der Waals surface area contributed by atoms with Gasteiger partial charge in [0.05, 0.1) is 37.7 Å². The summed E-state index contributed by atoms with van der Waals surface area (Å²) in [4.78, 5) is 33.3. The lowest BCUT2D eigenvalue weighted by atomic mass is 9.76. The van der Waals surface area contributed by atoms with Crippen LogP contribution in [0.4, 0.5) is 37.8 Å². The molecule has 0 aliphatic carbocycles. The van der Waals surface area contributed by atoms with E-state index in [9.17, 15) is 35.9 Å². The molecule has 0 aliphatic rings. The third kappa shape index (κ3) is 12.2. The van der Waals surface area contributed by atoms with Crippen molar-refractivity contribution in [1.29, 1.82) is 0 Å². The average Bonchev–Trinajstić information content (AvgIpc) is 3.08. The van der Waals surface area contributed by atoms with Gasteiger partial charge in [-0.1, -0.05) is 18.2 Å². The molecule has 0 unspecified atom stereocenters. The second-order valence-electron chi connectivity index (χ2n) is 10.5. The second kappa shape index (κ2) is 17.6. The topological polar surface area (TPSA) is 164 Å². The number of aromatic nitrogens is 2. The number of benzene rings is 3. The Balaban J connectivity index is 1.14. The lowest BCUT2D eigenvalue weighted by Gasteiger charge is -2.14. The predicted octanol–water partition coefficient (Wildman–Crippen LogP) is 3.68. The number of rotatable bonds is 16. The van der Waals surface area contributed by atoms with Gasteiger partial charge in [0.2, 0.25) is 0 Å². The molecule has 12 nitrogen and oxygen atoms in total. The van der Waals surface area contributed by atoms with Crippen LogP contribution in [0.3, 0.4) is 0 Å². The summed E-state index contributed by atoms with van der Waals surface area (Å²) in [5.41, 5.74) is -0.509. The summed E-state index contributed by atoms with van der Waals surface area (Å²) in [5, 5.41) is 26.4. The number of carbonyl (C=O) groups excluding carboxylic acids is 2. The van der Waals surface area contributed by atoms with Crippen molar-refractivity contribution in [2.45, 2.75) is 12.5 Å². The molecule has 0 saturated carbocycles. The Labute approximate surface area is 286 Å². The standard InChI is InChI=1S/C32H30BF6N5O7/c34-31(35,36)25-17-22(4-9-26(25)33(47)48)30(46)41-11-13-50-15-14-49-12-10-40-29(45)21-3-1-2-20(16-21)27-18-28(43-19-42-27)44-23-5-7-24(8-6-23)51-32(37,38)39/h1-9,16-19,47-48H,10-15H2,(H,40,45)(H,41,46)(H,42,43,44). The maximum absolute atomic E-state index is 13.2. The molecule has 5 N–H and O–H groups in total. The third-order valence-corrected chi connectivity index (χ3v) is 6.78. The Bertz CT molecular complexity index is 1780. The van der Waals surface area contributed by atoms with E-state index in [1.165, 1.54) is 18.5 Å². The zero-order valence-electron chi connectivity index (χ0n) is 26.4. The van der Waals surface area contributed by atoms with Crippen LogP contribution in [0.2, 0.25) is 0 Å². The van der Waals surface area contributed by atoms with Gasteiger partial charge in [0, 0.05) is 41.5 Å². The van der Waals surface area contributed by atoms with Crippen LogP contribution in [0.1, 0.15) is 26.3 Å². The molecule has 0 radical (unpaired) electrons. The van der Waals surface area contributed by atoms with Gasteiger partial charge in [0.15, 0.2) is 0 Å². The molecule has 0 fully saturated rings. The number of ether oxygens (including phenoxy) is 3. The normalized spacial score (nSPS) is 11.5. The molecular weight excluding hydrogens is 691 g/mol. The Kier molecular flexibility index (Phi) is 13.3. The van der Waals surface area contributed by atoms with E-state index >= 15 is 0 Å². The maximum Gasteiger partial charge on any atom is 0.573 e. The molecule has 2 amide bonds. The Morgan fingerprint density at radius 3 is 1.96 bits per heavy atom. The molecule has 270 valence electrons. The molecule has 51 heavy (non-hydrogen) atoms. The fourth-order valence-corrected chi connectivity index (χ4v) is 4.46. The van der Waals surface area contributed by atoms with E-state index in [1.54, 1.807) is 30.3 Å². The molecule has 0 bridgehead atoms. The first kappa shape index (κ1) is 38.6. The molecule has 0 spiro atoms. The highest BCUT2D eigenvalue weighted by Gasteiger charge is 2.37. The molecule has 1 aromatic heterocycles. The number of halogens is 6. The number of nitrogens with one attached hydrogen (secondary N) is 3. The minimum absolute atomic E-state index is 0.00943. The smallest absolute Gasteiger partial charge is 0.423 e. The van der Waals surface area contributed by atoms with Crippen molar-refractivity contribution in [3.05, 3.63) is 95.8 Å². The lowest BCUT2D eigenvalue weighted by Crippen LogP contribution is -2.37. The summed E-state index contributed by atoms with van der Waals surface area (Å²) < 4.78 is 91.4. The first-order valence-corrected chi connectivity index (χ1v) is 15.0. The van der Waals surface area contributed by atoms with Gasteiger partial charge in [-0.2, -0.15) is 13.2 Å². The van der Waals surface area contributed by atoms with E-state index in [4.69, 9.17) is 19.5 Å². The van der Waals surface area contributed by atoms with Crippen molar-refractivity contribution in [2.24, 2.45) is 0 Å². The van der Waals surface area contributed by atoms with E-state index in [0.717, 1.165) is 24.3 Å². The van der Waals surface area contributed by atoms with Gasteiger partial charge in [0.25, 0.3) is 11.8 Å². The zero-order chi connectivity index (χ0) is 37.0. The van der Waals surface area contributed by atoms with E-state index in [1.807, 2.05) is 0 Å². The number of alkyl halides is 6. The van der Waals surface area contributed by atoms with Crippen LogP contribution < -0.4 is 26.2 Å². The zero-order valence-corrected chi connectivity index (χ0v) is 26.4. The van der Waals surface area contributed by atoms with E-state index in [2.05, 4.69) is 30.7 Å². The molecule has 3 aromatic carbocycles. The second-order valence-corrected chi connectivity index (χ2v) is 10.5. The molecule has 1 heterocycles. The predicted molar refractivity (Wildman–Crippen MR) is 171 cm³/mol. The minimum atomic E-state index is -4.89. The summed E-state index contributed by atoms with van der Waals surface area (Å²) in [6.07, 6.45) is -8.39. The molecule has 19 heteroatoms. The number of carbonyl (C=O) groups is 2. The van der Waals surface area contributed by atoms with Crippen LogP contribution in [-0.4, -0.2) is 84.8 Å². The van der Waals surface area contributed by atoms with Crippen molar-refractivity contribution in [1.82, 2.24) is 20.6 Å². The van der Waals surface area contributed by atoms with Gasteiger partial charge in [-0.3, -0.25) is 9.59 Å². The van der Waals surface area contributed by atoms with Gasteiger partial charge >= 0.3 is 19.7 Å². The minimum Gasteiger partial charge on any atom is -0.423 e. The average molecular weight is 721 g/mol. The van der Waals surface area contributed by atoms with Crippen LogP contribution in [0.15, 0.2) is 79.1 Å². The molecule has 0 saturated heterocycles. The first-order valence-electron chi connectivity index (χ1n) is 15.0. The number of anilines is 2. The highest BCUT2D eigenvalue weighted by molar-refractivity contribution is 6.59. The molecule has 0 aliphatic heterocycles. The van der Waals surface area contributed by atoms with Crippen molar-refractivity contribution in [3.8, 4) is 17.0 Å². The summed E-state index contributed by atoms with van der Waals surface area (Å²) >= 11 is 0. The fourth-order valence-electron chi connectivity index (χ4n) is 4.46. The fraction of sp³-hybridized carbons (Fsp3) is 0.250. The van der Waals surface area contributed by atoms with Crippen LogP contribution in [-0.2, 0) is 15.7 Å². The van der Waals surface area contributed by atoms with Crippen LogP contribution in [0, 0.1) is 0 Å². The summed E-state index contributed by atoms with van der Waals surface area (Å²) in [7, 11) is -2.35. The van der Waals surface area contributed by atoms with Crippen molar-refractivity contribution in [3.63, 3.8) is 0 Å². The first-order chi connectivity index (χ1) is 24.2. The monoisotopic (exact) mass is 721 g/mol. The number of nitrogens with zero attached hydrogens (tertiary/aromatic N) is 2. The highest BCUT2D eigenvalue weighted by Crippen LogP contribution is 2.29. The summed E-state index contributed by atoms with van der Waals surface area (Å²) in [6, 6.07) is 15.8. The van der Waals surface area contributed by atoms with Crippen molar-refractivity contribution in [2.75, 3.05) is 44.8 Å². The summed E-state index contributed by atoms with van der Waals surface area (Å²) in [5.74, 6) is -1.17. The Morgan fingerprint density at radius 2 is 1.37 bits per heavy atom. The van der Waals surface area contributed by atoms with Crippen LogP contribution >= 0.6 is 0 Å². The largest absolute Gasteiger partial charge is 0.573 e. The number of hydrogen-bond donors (Lipinski definition) is 5. The number of hydrogen-bond acceptors (Lipinski definition) is 10. The maximum atomic E-state index is 13.2. The quantitative estimate of drug-likeness (QED) is 0.0656. The number of amides is 2. The van der Waals surface area contributed by atoms with Gasteiger partial charge in [0.1, 0.15) is 17.9 Å². The molecule has 4 rings (SSSR count). The lowest BCUT2D eigenvalue weighted by molar-refractivity contribution is -0.274. The highest BCUT2D eigenvalue weighted by atomic mass is 19.4. The van der Waals surface area contributed by atoms with Crippen molar-refractivity contribution < 1.29 is 60.2 Å². The SMILES string of the molecule is O=C(NCCOCCOCCNC(=O)c1ccc(B(O)O)c(C(F)(F)F)c1)c1cccc(-c2cc(Nc3ccc(OC(F)(F)F)cc3)ncn2)c1. The van der Waals surface area contributed by atoms with Crippen LogP contribution in [0.5, 0.6) is 5.75 Å². The van der Waals surface area contributed by atoms with E-state index < -0.39 is 36.6 Å². The van der Waals surface area contributed by atoms with Crippen molar-refractivity contribution >= 4 is 35.9 Å². The van der Waals surface area contributed by atoms with Crippen LogP contribution in [0.25, 0.3) is 11.3 Å². The van der Waals surface area contributed by atoms with E-state index in [-0.39, 0.29) is 56.7 Å². The van der Waals surface area contributed by atoms with Gasteiger partial charge in [-0.05, 0) is 54.0 Å². The Morgan fingerprint density at radius 1 is 0.745 bits per heavy atom.